The lowest BCUT2D eigenvalue weighted by molar-refractivity contribution is 1.19. The summed E-state index contributed by atoms with van der Waals surface area (Å²) in [7, 11) is 0. The van der Waals surface area contributed by atoms with Crippen LogP contribution in [0.4, 0.5) is 17.1 Å². The molecule has 0 aliphatic rings. The molecule has 262 valence electrons. The second kappa shape index (κ2) is 12.4. The monoisotopic (exact) mass is 748 g/mol. The number of hydrogen-bond acceptors (Lipinski definition) is 3. The number of benzene rings is 9. The molecule has 56 heavy (non-hydrogen) atoms. The number of fused-ring (bicyclic) bond motifs is 10. The molecule has 0 fully saturated rings. The zero-order chi connectivity index (χ0) is 36.7. The van der Waals surface area contributed by atoms with E-state index in [0.717, 1.165) is 17.1 Å². The van der Waals surface area contributed by atoms with E-state index in [4.69, 9.17) is 0 Å². The van der Waals surface area contributed by atoms with Gasteiger partial charge in [-0.05, 0) is 83.7 Å². The Morgan fingerprint density at radius 3 is 1.70 bits per heavy atom. The highest BCUT2D eigenvalue weighted by molar-refractivity contribution is 7.26. The van der Waals surface area contributed by atoms with Crippen molar-refractivity contribution in [2.24, 2.45) is 0 Å². The summed E-state index contributed by atoms with van der Waals surface area (Å²) >= 11 is 3.75. The van der Waals surface area contributed by atoms with Gasteiger partial charge in [-0.3, -0.25) is 0 Å². The Labute approximate surface area is 331 Å². The zero-order valence-corrected chi connectivity index (χ0v) is 31.8. The molecule has 4 heteroatoms. The van der Waals surface area contributed by atoms with Crippen molar-refractivity contribution in [1.82, 2.24) is 4.57 Å². The van der Waals surface area contributed by atoms with Crippen LogP contribution in [0.25, 0.3) is 89.7 Å². The normalized spacial score (nSPS) is 11.9. The summed E-state index contributed by atoms with van der Waals surface area (Å²) in [5, 5.41) is 10.2. The summed E-state index contributed by atoms with van der Waals surface area (Å²) in [6.45, 7) is 0. The molecular formula is C52H32N2S2. The second-order valence-electron chi connectivity index (χ2n) is 14.5. The SMILES string of the molecule is c1ccc2c(N(c3ccc(-c4cc(-n5c6ccccc6c6ccccc65)cc5c4sc4ccccc45)cc3)c3ccc4sc5ccccc5c4c3)cccc2c1. The van der Waals surface area contributed by atoms with E-state index in [1.54, 1.807) is 0 Å². The molecule has 12 aromatic rings. The third-order valence-corrected chi connectivity index (χ3v) is 13.7. The van der Waals surface area contributed by atoms with Crippen LogP contribution in [0.1, 0.15) is 0 Å². The van der Waals surface area contributed by atoms with E-state index < -0.39 is 0 Å². The van der Waals surface area contributed by atoms with Crippen molar-refractivity contribution < 1.29 is 0 Å². The molecule has 0 saturated heterocycles. The fraction of sp³-hybridized carbons (Fsp3) is 0. The molecule has 0 spiro atoms. The van der Waals surface area contributed by atoms with Crippen molar-refractivity contribution in [1.29, 1.82) is 0 Å². The Hall–Kier alpha value is -6.72. The molecule has 0 atom stereocenters. The van der Waals surface area contributed by atoms with E-state index in [2.05, 4.69) is 204 Å². The molecule has 0 amide bonds. The van der Waals surface area contributed by atoms with Crippen LogP contribution in [0.3, 0.4) is 0 Å². The van der Waals surface area contributed by atoms with Crippen LogP contribution in [0.2, 0.25) is 0 Å². The predicted molar refractivity (Wildman–Crippen MR) is 244 cm³/mol. The van der Waals surface area contributed by atoms with Crippen molar-refractivity contribution >= 4 is 113 Å². The highest BCUT2D eigenvalue weighted by Gasteiger charge is 2.20. The van der Waals surface area contributed by atoms with Crippen molar-refractivity contribution in [3.05, 3.63) is 194 Å². The van der Waals surface area contributed by atoms with Crippen LogP contribution < -0.4 is 4.90 Å². The van der Waals surface area contributed by atoms with Crippen molar-refractivity contribution in [2.75, 3.05) is 4.90 Å². The van der Waals surface area contributed by atoms with E-state index in [-0.39, 0.29) is 0 Å². The fourth-order valence-electron chi connectivity index (χ4n) is 8.83. The highest BCUT2D eigenvalue weighted by Crippen LogP contribution is 2.46. The van der Waals surface area contributed by atoms with E-state index in [1.165, 1.54) is 89.7 Å². The summed E-state index contributed by atoms with van der Waals surface area (Å²) in [6, 6.07) is 71.5. The van der Waals surface area contributed by atoms with Gasteiger partial charge in [-0.15, -0.1) is 22.7 Å². The summed E-state index contributed by atoms with van der Waals surface area (Å²) in [6.07, 6.45) is 0. The van der Waals surface area contributed by atoms with Crippen LogP contribution in [0, 0.1) is 0 Å². The molecule has 0 bridgehead atoms. The molecule has 0 radical (unpaired) electrons. The molecule has 9 aromatic carbocycles. The predicted octanol–water partition coefficient (Wildman–Crippen LogP) is 15.8. The molecule has 2 nitrogen and oxygen atoms in total. The maximum atomic E-state index is 2.45. The lowest BCUT2D eigenvalue weighted by Crippen LogP contribution is -2.10. The van der Waals surface area contributed by atoms with Crippen molar-refractivity contribution in [2.45, 2.75) is 0 Å². The number of anilines is 3. The maximum absolute atomic E-state index is 2.45. The summed E-state index contributed by atoms with van der Waals surface area (Å²) in [5.41, 5.74) is 9.48. The molecule has 0 aliphatic carbocycles. The molecule has 3 heterocycles. The number of nitrogens with zero attached hydrogens (tertiary/aromatic N) is 2. The van der Waals surface area contributed by atoms with E-state index in [0.29, 0.717) is 0 Å². The molecule has 0 unspecified atom stereocenters. The third-order valence-electron chi connectivity index (χ3n) is 11.4. The van der Waals surface area contributed by atoms with Crippen LogP contribution in [-0.2, 0) is 0 Å². The number of para-hydroxylation sites is 2. The molecule has 12 rings (SSSR count). The summed E-state index contributed by atoms with van der Waals surface area (Å²) in [5.74, 6) is 0. The van der Waals surface area contributed by atoms with Crippen LogP contribution in [-0.4, -0.2) is 4.57 Å². The summed E-state index contributed by atoms with van der Waals surface area (Å²) < 4.78 is 7.68. The fourth-order valence-corrected chi connectivity index (χ4v) is 11.1. The molecule has 3 aromatic heterocycles. The Bertz CT molecular complexity index is 3430. The van der Waals surface area contributed by atoms with Gasteiger partial charge in [0.1, 0.15) is 0 Å². The first-order chi connectivity index (χ1) is 27.8. The Morgan fingerprint density at radius 1 is 0.375 bits per heavy atom. The van der Waals surface area contributed by atoms with Crippen LogP contribution in [0.15, 0.2) is 194 Å². The topological polar surface area (TPSA) is 8.17 Å². The summed E-state index contributed by atoms with van der Waals surface area (Å²) in [4.78, 5) is 2.43. The van der Waals surface area contributed by atoms with Crippen LogP contribution in [0.5, 0.6) is 0 Å². The molecule has 0 N–H and O–H groups in total. The van der Waals surface area contributed by atoms with Gasteiger partial charge in [0.25, 0.3) is 0 Å². The van der Waals surface area contributed by atoms with Gasteiger partial charge in [-0.1, -0.05) is 121 Å². The lowest BCUT2D eigenvalue weighted by Gasteiger charge is -2.27. The quantitative estimate of drug-likeness (QED) is 0.170. The average Bonchev–Trinajstić information content (AvgIpc) is 3.93. The van der Waals surface area contributed by atoms with Crippen molar-refractivity contribution in [3.8, 4) is 16.8 Å². The maximum Gasteiger partial charge on any atom is 0.0541 e. The van der Waals surface area contributed by atoms with Gasteiger partial charge >= 0.3 is 0 Å². The standard InChI is InChI=1S/C52H32N2S2/c1-2-14-38-33(12-1)13-11-21-46(38)53(36-28-29-51-44(30-36)41-17-5-9-22-49(41)55-51)35-26-24-34(25-27-35)43-31-37(32-45-42-18-6-10-23-50(42)56-52(43)45)54-47-19-7-3-15-39(47)40-16-4-8-20-48(40)54/h1-32H. The zero-order valence-electron chi connectivity index (χ0n) is 30.2. The first kappa shape index (κ1) is 31.6. The van der Waals surface area contributed by atoms with Gasteiger partial charge in [0.15, 0.2) is 0 Å². The molecule has 0 aliphatic heterocycles. The molecular weight excluding hydrogens is 717 g/mol. The minimum Gasteiger partial charge on any atom is -0.310 e. The molecule has 0 saturated carbocycles. The van der Waals surface area contributed by atoms with Gasteiger partial charge in [0, 0.05) is 79.1 Å². The van der Waals surface area contributed by atoms with E-state index in [9.17, 15) is 0 Å². The minimum absolute atomic E-state index is 1.12. The van der Waals surface area contributed by atoms with Gasteiger partial charge in [0.2, 0.25) is 0 Å². The van der Waals surface area contributed by atoms with Gasteiger partial charge in [-0.2, -0.15) is 0 Å². The second-order valence-corrected chi connectivity index (χ2v) is 16.6. The van der Waals surface area contributed by atoms with Gasteiger partial charge in [0.05, 0.1) is 16.7 Å². The Balaban J connectivity index is 1.07. The number of rotatable bonds is 5. The third kappa shape index (κ3) is 4.80. The number of hydrogen-bond donors (Lipinski definition) is 0. The Kier molecular flexibility index (Phi) is 7.00. The Morgan fingerprint density at radius 2 is 0.946 bits per heavy atom. The van der Waals surface area contributed by atoms with E-state index in [1.807, 2.05) is 22.7 Å². The van der Waals surface area contributed by atoms with Crippen molar-refractivity contribution in [3.63, 3.8) is 0 Å². The highest BCUT2D eigenvalue weighted by atomic mass is 32.1. The first-order valence-electron chi connectivity index (χ1n) is 19.0. The van der Waals surface area contributed by atoms with Gasteiger partial charge < -0.3 is 9.47 Å². The number of thiophene rings is 2. The largest absolute Gasteiger partial charge is 0.310 e. The minimum atomic E-state index is 1.12. The average molecular weight is 749 g/mol. The lowest BCUT2D eigenvalue weighted by atomic mass is 10.00. The van der Waals surface area contributed by atoms with E-state index >= 15 is 0 Å². The van der Waals surface area contributed by atoms with Crippen LogP contribution >= 0.6 is 22.7 Å². The number of aromatic nitrogens is 1. The van der Waals surface area contributed by atoms with Gasteiger partial charge in [-0.25, -0.2) is 0 Å². The smallest absolute Gasteiger partial charge is 0.0541 e. The first-order valence-corrected chi connectivity index (χ1v) is 20.6.